The first-order chi connectivity index (χ1) is 9.10. The molecule has 0 fully saturated rings. The molecule has 3 N–H and O–H groups in total. The van der Waals surface area contributed by atoms with Gasteiger partial charge in [0.15, 0.2) is 5.03 Å². The van der Waals surface area contributed by atoms with Crippen molar-refractivity contribution >= 4 is 27.2 Å². The van der Waals surface area contributed by atoms with E-state index in [9.17, 15) is 8.42 Å². The topological polar surface area (TPSA) is 90.0 Å². The van der Waals surface area contributed by atoms with Crippen LogP contribution < -0.4 is 10.5 Å². The minimum atomic E-state index is -3.64. The summed E-state index contributed by atoms with van der Waals surface area (Å²) in [5.74, 6) is 0.681. The number of imidazole rings is 1. The molecule has 20 heavy (non-hydrogen) atoms. The molecule has 0 aliphatic carbocycles. The first-order valence-electron chi connectivity index (χ1n) is 6.43. The van der Waals surface area contributed by atoms with Crippen LogP contribution >= 0.6 is 12.2 Å². The smallest absolute Gasteiger partial charge is 0.259 e. The highest BCUT2D eigenvalue weighted by Gasteiger charge is 2.26. The molecule has 0 bridgehead atoms. The van der Waals surface area contributed by atoms with E-state index in [4.69, 9.17) is 18.0 Å². The molecule has 0 saturated heterocycles. The molecule has 0 saturated carbocycles. The summed E-state index contributed by atoms with van der Waals surface area (Å²) in [4.78, 5) is 4.37. The number of hydrogen-bond acceptors (Lipinski definition) is 4. The maximum atomic E-state index is 12.2. The molecule has 1 aromatic rings. The van der Waals surface area contributed by atoms with Crippen LogP contribution in [0.25, 0.3) is 0 Å². The monoisotopic (exact) mass is 318 g/mol. The Morgan fingerprint density at radius 2 is 2.15 bits per heavy atom. The highest BCUT2D eigenvalue weighted by Crippen LogP contribution is 2.16. The zero-order valence-corrected chi connectivity index (χ0v) is 13.9. The highest BCUT2D eigenvalue weighted by atomic mass is 32.2. The molecule has 6 nitrogen and oxygen atoms in total. The van der Waals surface area contributed by atoms with Crippen molar-refractivity contribution in [2.24, 2.45) is 11.1 Å². The van der Waals surface area contributed by atoms with Gasteiger partial charge in [-0.25, -0.2) is 18.1 Å². The van der Waals surface area contributed by atoms with Crippen molar-refractivity contribution in [2.45, 2.75) is 45.7 Å². The molecule has 0 aliphatic heterocycles. The Labute approximate surface area is 125 Å². The molecule has 0 radical (unpaired) electrons. The van der Waals surface area contributed by atoms with E-state index in [0.717, 1.165) is 13.0 Å². The van der Waals surface area contributed by atoms with Crippen LogP contribution in [0.5, 0.6) is 0 Å². The van der Waals surface area contributed by atoms with Crippen LogP contribution in [0.2, 0.25) is 0 Å². The number of nitrogens with one attached hydrogen (secondary N) is 1. The largest absolute Gasteiger partial charge is 0.393 e. The lowest BCUT2D eigenvalue weighted by Crippen LogP contribution is -2.41. The number of nitrogens with two attached hydrogens (primary N) is 1. The van der Waals surface area contributed by atoms with Gasteiger partial charge in [-0.15, -0.1) is 0 Å². The van der Waals surface area contributed by atoms with Gasteiger partial charge in [-0.2, -0.15) is 0 Å². The van der Waals surface area contributed by atoms with Gasteiger partial charge in [-0.3, -0.25) is 0 Å². The normalized spacial score (nSPS) is 12.6. The lowest BCUT2D eigenvalue weighted by atomic mass is 9.94. The number of hydrogen-bond donors (Lipinski definition) is 2. The van der Waals surface area contributed by atoms with Gasteiger partial charge in [0.25, 0.3) is 10.0 Å². The van der Waals surface area contributed by atoms with E-state index in [-0.39, 0.29) is 16.6 Å². The number of thiocarbonyl (C=S) groups is 1. The number of aryl methyl sites for hydroxylation is 2. The summed E-state index contributed by atoms with van der Waals surface area (Å²) in [5, 5.41) is 0.0298. The van der Waals surface area contributed by atoms with Crippen LogP contribution in [0.4, 0.5) is 0 Å². The molecular weight excluding hydrogens is 296 g/mol. The minimum Gasteiger partial charge on any atom is -0.393 e. The van der Waals surface area contributed by atoms with E-state index in [1.54, 1.807) is 27.0 Å². The Morgan fingerprint density at radius 1 is 1.55 bits per heavy atom. The second-order valence-corrected chi connectivity index (χ2v) is 7.55. The average molecular weight is 318 g/mol. The Morgan fingerprint density at radius 3 is 2.65 bits per heavy atom. The molecule has 8 heteroatoms. The molecule has 0 aliphatic rings. The van der Waals surface area contributed by atoms with Crippen molar-refractivity contribution in [2.75, 3.05) is 6.54 Å². The fraction of sp³-hybridized carbons (Fsp3) is 0.667. The van der Waals surface area contributed by atoms with Gasteiger partial charge in [0.05, 0.1) is 4.99 Å². The van der Waals surface area contributed by atoms with E-state index in [1.807, 2.05) is 11.5 Å². The second kappa shape index (κ2) is 6.19. The number of rotatable bonds is 7. The van der Waals surface area contributed by atoms with E-state index >= 15 is 0 Å². The maximum absolute atomic E-state index is 12.2. The number of aromatic nitrogens is 2. The van der Waals surface area contributed by atoms with Gasteiger partial charge in [0.2, 0.25) is 0 Å². The standard InChI is InChI=1S/C12H22N4O2S2/c1-5-6-16-7-10(15-9(16)2)20(17,18)14-8-12(3,4)11(13)19/h7,14H,5-6,8H2,1-4H3,(H2,13,19). The fourth-order valence-corrected chi connectivity index (χ4v) is 2.80. The summed E-state index contributed by atoms with van der Waals surface area (Å²) >= 11 is 4.92. The van der Waals surface area contributed by atoms with Crippen LogP contribution in [0.1, 0.15) is 33.0 Å². The molecule has 114 valence electrons. The van der Waals surface area contributed by atoms with Crippen LogP contribution in [-0.4, -0.2) is 29.5 Å². The van der Waals surface area contributed by atoms with Crippen molar-refractivity contribution in [1.82, 2.24) is 14.3 Å². The predicted molar refractivity (Wildman–Crippen MR) is 83.0 cm³/mol. The van der Waals surface area contributed by atoms with Crippen molar-refractivity contribution in [3.63, 3.8) is 0 Å². The molecule has 1 aromatic heterocycles. The molecule has 0 spiro atoms. The summed E-state index contributed by atoms with van der Waals surface area (Å²) in [6.45, 7) is 8.28. The zero-order chi connectivity index (χ0) is 15.6. The maximum Gasteiger partial charge on any atom is 0.259 e. The second-order valence-electron chi connectivity index (χ2n) is 5.39. The number of nitrogens with zero attached hydrogens (tertiary/aromatic N) is 2. The van der Waals surface area contributed by atoms with E-state index in [0.29, 0.717) is 5.82 Å². The summed E-state index contributed by atoms with van der Waals surface area (Å²) in [7, 11) is -3.64. The van der Waals surface area contributed by atoms with Crippen molar-refractivity contribution in [3.05, 3.63) is 12.0 Å². The summed E-state index contributed by atoms with van der Waals surface area (Å²) in [6, 6.07) is 0. The molecular formula is C12H22N4O2S2. The van der Waals surface area contributed by atoms with Gasteiger partial charge in [-0.1, -0.05) is 33.0 Å². The third-order valence-corrected chi connectivity index (χ3v) is 4.89. The third kappa shape index (κ3) is 4.00. The predicted octanol–water partition coefficient (Wildman–Crippen LogP) is 1.19. The Kier molecular flexibility index (Phi) is 5.28. The van der Waals surface area contributed by atoms with Gasteiger partial charge in [-0.05, 0) is 13.3 Å². The quantitative estimate of drug-likeness (QED) is 0.737. The van der Waals surface area contributed by atoms with Gasteiger partial charge in [0.1, 0.15) is 5.82 Å². The van der Waals surface area contributed by atoms with Gasteiger partial charge in [0, 0.05) is 24.7 Å². The molecule has 0 unspecified atom stereocenters. The average Bonchev–Trinajstić information content (AvgIpc) is 2.70. The fourth-order valence-electron chi connectivity index (χ4n) is 1.51. The Balaban J connectivity index is 2.89. The highest BCUT2D eigenvalue weighted by molar-refractivity contribution is 7.89. The summed E-state index contributed by atoms with van der Waals surface area (Å²) in [6.07, 6.45) is 2.47. The first kappa shape index (κ1) is 17.1. The van der Waals surface area contributed by atoms with Crippen molar-refractivity contribution < 1.29 is 8.42 Å². The number of sulfonamides is 1. The first-order valence-corrected chi connectivity index (χ1v) is 8.32. The van der Waals surface area contributed by atoms with E-state index < -0.39 is 15.4 Å². The van der Waals surface area contributed by atoms with Crippen LogP contribution in [-0.2, 0) is 16.6 Å². The van der Waals surface area contributed by atoms with Crippen LogP contribution in [0, 0.1) is 12.3 Å². The molecule has 0 amide bonds. The zero-order valence-electron chi connectivity index (χ0n) is 12.3. The third-order valence-electron chi connectivity index (χ3n) is 3.06. The molecule has 0 atom stereocenters. The Hall–Kier alpha value is -0.990. The SMILES string of the molecule is CCCn1cc(S(=O)(=O)NCC(C)(C)C(N)=S)nc1C. The molecule has 0 aromatic carbocycles. The van der Waals surface area contributed by atoms with Crippen molar-refractivity contribution in [1.29, 1.82) is 0 Å². The summed E-state index contributed by atoms with van der Waals surface area (Å²) in [5.41, 5.74) is 5.00. The Bertz CT molecular complexity index is 591. The van der Waals surface area contributed by atoms with E-state index in [1.165, 1.54) is 0 Å². The van der Waals surface area contributed by atoms with Gasteiger partial charge >= 0.3 is 0 Å². The minimum absolute atomic E-state index is 0.0298. The lowest BCUT2D eigenvalue weighted by molar-refractivity contribution is 0.500. The van der Waals surface area contributed by atoms with Crippen molar-refractivity contribution in [3.8, 4) is 0 Å². The lowest BCUT2D eigenvalue weighted by Gasteiger charge is -2.22. The molecule has 1 rings (SSSR count). The summed E-state index contributed by atoms with van der Waals surface area (Å²) < 4.78 is 28.7. The van der Waals surface area contributed by atoms with E-state index in [2.05, 4.69) is 9.71 Å². The van der Waals surface area contributed by atoms with Crippen LogP contribution in [0.15, 0.2) is 11.2 Å². The molecule has 1 heterocycles. The van der Waals surface area contributed by atoms with Crippen LogP contribution in [0.3, 0.4) is 0 Å². The van der Waals surface area contributed by atoms with Gasteiger partial charge < -0.3 is 10.3 Å².